The third kappa shape index (κ3) is 2.53. The molecule has 0 aliphatic heterocycles. The first-order valence-corrected chi connectivity index (χ1v) is 7.34. The predicted molar refractivity (Wildman–Crippen MR) is 73.2 cm³/mol. The molecule has 0 spiro atoms. The van der Waals surface area contributed by atoms with Crippen molar-refractivity contribution in [3.05, 3.63) is 33.5 Å². The Morgan fingerprint density at radius 1 is 1.47 bits per heavy atom. The number of carbonyl (C=O) groups is 1. The molecule has 1 atom stereocenters. The summed E-state index contributed by atoms with van der Waals surface area (Å²) in [5.74, 6) is -0.116. The number of hydrogen-bond donors (Lipinski definition) is 2. The van der Waals surface area contributed by atoms with Crippen molar-refractivity contribution in [2.24, 2.45) is 0 Å². The monoisotopic (exact) mass is 276 g/mol. The van der Waals surface area contributed by atoms with Crippen LogP contribution in [0, 0.1) is 0 Å². The number of thiazole rings is 1. The van der Waals surface area contributed by atoms with Crippen molar-refractivity contribution in [2.45, 2.75) is 38.6 Å². The van der Waals surface area contributed by atoms with Crippen molar-refractivity contribution in [3.63, 3.8) is 0 Å². The van der Waals surface area contributed by atoms with Gasteiger partial charge in [0, 0.05) is 11.1 Å². The number of nitrogens with zero attached hydrogens (tertiary/aromatic N) is 2. The van der Waals surface area contributed by atoms with Crippen LogP contribution in [0.4, 0.5) is 0 Å². The lowest BCUT2D eigenvalue weighted by molar-refractivity contribution is 0.0940. The van der Waals surface area contributed by atoms with Crippen LogP contribution in [-0.2, 0) is 12.8 Å². The largest absolute Gasteiger partial charge is 0.343 e. The standard InChI is InChI=1S/C13H16N4OS/c1-8(16-12(18)9-6-14-15-7-9)13-17-10-4-2-3-5-11(10)19-13/h6-8H,2-5H2,1H3,(H,14,15)(H,16,18)/t8-/m0/s1. The topological polar surface area (TPSA) is 70.7 Å². The summed E-state index contributed by atoms with van der Waals surface area (Å²) in [5, 5.41) is 10.4. The first kappa shape index (κ1) is 12.3. The summed E-state index contributed by atoms with van der Waals surface area (Å²) >= 11 is 1.73. The SMILES string of the molecule is C[C@H](NC(=O)c1cn[nH]c1)c1nc2c(s1)CCCC2. The zero-order chi connectivity index (χ0) is 13.2. The Balaban J connectivity index is 1.71. The molecule has 2 N–H and O–H groups in total. The Labute approximate surface area is 115 Å². The van der Waals surface area contributed by atoms with Crippen LogP contribution in [0.2, 0.25) is 0 Å². The molecule has 0 radical (unpaired) electrons. The fourth-order valence-electron chi connectivity index (χ4n) is 2.27. The molecule has 2 aromatic heterocycles. The summed E-state index contributed by atoms with van der Waals surface area (Å²) in [5.41, 5.74) is 1.78. The molecule has 0 fully saturated rings. The minimum absolute atomic E-state index is 0.0574. The van der Waals surface area contributed by atoms with E-state index in [1.165, 1.54) is 29.6 Å². The molecule has 2 aromatic rings. The molecule has 5 nitrogen and oxygen atoms in total. The molecular weight excluding hydrogens is 260 g/mol. The molecule has 6 heteroatoms. The number of aromatic nitrogens is 3. The van der Waals surface area contributed by atoms with E-state index < -0.39 is 0 Å². The number of fused-ring (bicyclic) bond motifs is 1. The first-order valence-electron chi connectivity index (χ1n) is 6.52. The smallest absolute Gasteiger partial charge is 0.255 e. The quantitative estimate of drug-likeness (QED) is 0.903. The summed E-state index contributed by atoms with van der Waals surface area (Å²) in [4.78, 5) is 18.0. The van der Waals surface area contributed by atoms with Gasteiger partial charge in [0.25, 0.3) is 5.91 Å². The number of aromatic amines is 1. The molecule has 2 heterocycles. The summed E-state index contributed by atoms with van der Waals surface area (Å²) < 4.78 is 0. The fraction of sp³-hybridized carbons (Fsp3) is 0.462. The number of nitrogens with one attached hydrogen (secondary N) is 2. The Morgan fingerprint density at radius 3 is 3.05 bits per heavy atom. The molecule has 1 aliphatic carbocycles. The van der Waals surface area contributed by atoms with E-state index >= 15 is 0 Å². The van der Waals surface area contributed by atoms with Gasteiger partial charge in [0.2, 0.25) is 0 Å². The molecule has 0 saturated carbocycles. The number of carbonyl (C=O) groups excluding carboxylic acids is 1. The number of hydrogen-bond acceptors (Lipinski definition) is 4. The van der Waals surface area contributed by atoms with E-state index in [0.717, 1.165) is 17.8 Å². The van der Waals surface area contributed by atoms with Crippen LogP contribution in [0.25, 0.3) is 0 Å². The fourth-order valence-corrected chi connectivity index (χ4v) is 3.43. The Hall–Kier alpha value is -1.69. The van der Waals surface area contributed by atoms with Gasteiger partial charge >= 0.3 is 0 Å². The highest BCUT2D eigenvalue weighted by molar-refractivity contribution is 7.11. The van der Waals surface area contributed by atoms with Gasteiger partial charge in [-0.2, -0.15) is 5.10 Å². The van der Waals surface area contributed by atoms with Crippen LogP contribution in [0.5, 0.6) is 0 Å². The average Bonchev–Trinajstić information content (AvgIpc) is 3.07. The maximum absolute atomic E-state index is 11.9. The lowest BCUT2D eigenvalue weighted by Gasteiger charge is -2.09. The van der Waals surface area contributed by atoms with Gasteiger partial charge in [0.05, 0.1) is 23.5 Å². The number of rotatable bonds is 3. The molecule has 0 bridgehead atoms. The van der Waals surface area contributed by atoms with E-state index in [1.54, 1.807) is 17.5 Å². The molecule has 19 heavy (non-hydrogen) atoms. The molecule has 1 aliphatic rings. The third-order valence-corrected chi connectivity index (χ3v) is 4.68. The molecular formula is C13H16N4OS. The van der Waals surface area contributed by atoms with E-state index in [-0.39, 0.29) is 11.9 Å². The van der Waals surface area contributed by atoms with Crippen molar-refractivity contribution in [1.29, 1.82) is 0 Å². The second kappa shape index (κ2) is 5.13. The van der Waals surface area contributed by atoms with Crippen molar-refractivity contribution < 1.29 is 4.79 Å². The highest BCUT2D eigenvalue weighted by atomic mass is 32.1. The van der Waals surface area contributed by atoms with Gasteiger partial charge in [-0.3, -0.25) is 9.89 Å². The van der Waals surface area contributed by atoms with Gasteiger partial charge in [-0.15, -0.1) is 11.3 Å². The molecule has 100 valence electrons. The van der Waals surface area contributed by atoms with Crippen molar-refractivity contribution in [2.75, 3.05) is 0 Å². The number of aryl methyl sites for hydroxylation is 2. The van der Waals surface area contributed by atoms with Gasteiger partial charge in [-0.05, 0) is 32.6 Å². The summed E-state index contributed by atoms with van der Waals surface area (Å²) in [6.45, 7) is 1.97. The van der Waals surface area contributed by atoms with Gasteiger partial charge in [0.1, 0.15) is 5.01 Å². The summed E-state index contributed by atoms with van der Waals surface area (Å²) in [6.07, 6.45) is 7.81. The zero-order valence-electron chi connectivity index (χ0n) is 10.8. The second-order valence-corrected chi connectivity index (χ2v) is 5.93. The van der Waals surface area contributed by atoms with Crippen molar-refractivity contribution >= 4 is 17.2 Å². The van der Waals surface area contributed by atoms with E-state index in [9.17, 15) is 4.79 Å². The maximum Gasteiger partial charge on any atom is 0.255 e. The minimum atomic E-state index is -0.116. The zero-order valence-corrected chi connectivity index (χ0v) is 11.6. The van der Waals surface area contributed by atoms with Gasteiger partial charge < -0.3 is 5.32 Å². The van der Waals surface area contributed by atoms with E-state index in [2.05, 4.69) is 20.5 Å². The van der Waals surface area contributed by atoms with E-state index in [1.807, 2.05) is 6.92 Å². The van der Waals surface area contributed by atoms with Gasteiger partial charge in [-0.25, -0.2) is 4.98 Å². The summed E-state index contributed by atoms with van der Waals surface area (Å²) in [6, 6.07) is -0.0574. The molecule has 1 amide bonds. The molecule has 3 rings (SSSR count). The average molecular weight is 276 g/mol. The number of amides is 1. The van der Waals surface area contributed by atoms with Crippen LogP contribution >= 0.6 is 11.3 Å². The number of H-pyrrole nitrogens is 1. The summed E-state index contributed by atoms with van der Waals surface area (Å²) in [7, 11) is 0. The maximum atomic E-state index is 11.9. The Kier molecular flexibility index (Phi) is 3.33. The van der Waals surface area contributed by atoms with E-state index in [4.69, 9.17) is 0 Å². The first-order chi connectivity index (χ1) is 9.24. The predicted octanol–water partition coefficient (Wildman–Crippen LogP) is 2.24. The normalized spacial score (nSPS) is 15.8. The highest BCUT2D eigenvalue weighted by Gasteiger charge is 2.20. The van der Waals surface area contributed by atoms with Crippen LogP contribution in [0.15, 0.2) is 12.4 Å². The Morgan fingerprint density at radius 2 is 2.32 bits per heavy atom. The van der Waals surface area contributed by atoms with Gasteiger partial charge in [-0.1, -0.05) is 0 Å². The third-order valence-electron chi connectivity index (χ3n) is 3.34. The van der Waals surface area contributed by atoms with Crippen LogP contribution in [-0.4, -0.2) is 21.1 Å². The lowest BCUT2D eigenvalue weighted by atomic mass is 10.0. The van der Waals surface area contributed by atoms with Crippen LogP contribution in [0.1, 0.15) is 51.7 Å². The van der Waals surface area contributed by atoms with Gasteiger partial charge in [0.15, 0.2) is 0 Å². The molecule has 0 unspecified atom stereocenters. The lowest BCUT2D eigenvalue weighted by Crippen LogP contribution is -2.26. The minimum Gasteiger partial charge on any atom is -0.343 e. The van der Waals surface area contributed by atoms with Crippen molar-refractivity contribution in [3.8, 4) is 0 Å². The highest BCUT2D eigenvalue weighted by Crippen LogP contribution is 2.29. The molecule has 0 saturated heterocycles. The van der Waals surface area contributed by atoms with E-state index in [0.29, 0.717) is 5.56 Å². The second-order valence-electron chi connectivity index (χ2n) is 4.81. The molecule has 0 aromatic carbocycles. The van der Waals surface area contributed by atoms with Crippen molar-refractivity contribution in [1.82, 2.24) is 20.5 Å². The van der Waals surface area contributed by atoms with Crippen LogP contribution in [0.3, 0.4) is 0 Å². The Bertz CT molecular complexity index is 552. The van der Waals surface area contributed by atoms with Crippen LogP contribution < -0.4 is 5.32 Å².